The molecule has 170 valence electrons. The molecule has 0 bridgehead atoms. The second-order valence-corrected chi connectivity index (χ2v) is 7.37. The van der Waals surface area contributed by atoms with Gasteiger partial charge in [0.1, 0.15) is 11.5 Å². The fraction of sp³-hybridized carbons (Fsp3) is 0.136. The summed E-state index contributed by atoms with van der Waals surface area (Å²) in [6, 6.07) is 11.1. The second-order valence-electron chi connectivity index (χ2n) is 6.96. The van der Waals surface area contributed by atoms with E-state index >= 15 is 0 Å². The number of nitrogens with one attached hydrogen (secondary N) is 1. The summed E-state index contributed by atoms with van der Waals surface area (Å²) in [5.41, 5.74) is -1.16. The lowest BCUT2D eigenvalue weighted by Crippen LogP contribution is -2.20. The number of carbonyl (C=O) groups excluding carboxylic acids is 1. The number of nitrogens with zero attached hydrogens (tertiary/aromatic N) is 3. The number of hydrogen-bond acceptors (Lipinski definition) is 4. The highest BCUT2D eigenvalue weighted by atomic mass is 35.5. The van der Waals surface area contributed by atoms with Gasteiger partial charge in [0.2, 0.25) is 5.91 Å². The Morgan fingerprint density at radius 3 is 2.58 bits per heavy atom. The van der Waals surface area contributed by atoms with Crippen LogP contribution >= 0.6 is 11.6 Å². The molecule has 0 fully saturated rings. The van der Waals surface area contributed by atoms with Crippen LogP contribution in [0, 0.1) is 5.82 Å². The number of benzene rings is 2. The van der Waals surface area contributed by atoms with E-state index in [1.165, 1.54) is 19.2 Å². The van der Waals surface area contributed by atoms with Crippen molar-refractivity contribution in [2.45, 2.75) is 12.6 Å². The zero-order chi connectivity index (χ0) is 23.8. The van der Waals surface area contributed by atoms with E-state index in [9.17, 15) is 22.4 Å². The molecule has 0 aliphatic carbocycles. The SMILES string of the molecule is CNC(=O)Cc1c(-c2ccccc2Cl)noc1-c1cnn(-c2cccc(F)c2)c1C(F)(F)F. The lowest BCUT2D eigenvalue weighted by molar-refractivity contribution is -0.142. The van der Waals surface area contributed by atoms with Crippen molar-refractivity contribution in [3.8, 4) is 28.3 Å². The first kappa shape index (κ1) is 22.5. The molecule has 0 spiro atoms. The van der Waals surface area contributed by atoms with E-state index in [4.69, 9.17) is 16.1 Å². The quantitative estimate of drug-likeness (QED) is 0.395. The van der Waals surface area contributed by atoms with Crippen molar-refractivity contribution >= 4 is 17.5 Å². The van der Waals surface area contributed by atoms with Gasteiger partial charge in [-0.15, -0.1) is 0 Å². The third-order valence-electron chi connectivity index (χ3n) is 4.87. The Morgan fingerprint density at radius 1 is 1.15 bits per heavy atom. The minimum absolute atomic E-state index is 0.103. The van der Waals surface area contributed by atoms with Gasteiger partial charge in [-0.05, 0) is 24.3 Å². The molecule has 0 aliphatic heterocycles. The summed E-state index contributed by atoms with van der Waals surface area (Å²) in [6.45, 7) is 0. The minimum Gasteiger partial charge on any atom is -0.359 e. The van der Waals surface area contributed by atoms with Crippen LogP contribution in [0.2, 0.25) is 5.02 Å². The molecule has 0 radical (unpaired) electrons. The summed E-state index contributed by atoms with van der Waals surface area (Å²) in [6.07, 6.45) is -4.27. The van der Waals surface area contributed by atoms with Gasteiger partial charge >= 0.3 is 6.18 Å². The maximum atomic E-state index is 14.2. The van der Waals surface area contributed by atoms with E-state index in [0.29, 0.717) is 10.2 Å². The molecule has 2 heterocycles. The maximum Gasteiger partial charge on any atom is 0.434 e. The molecule has 0 saturated carbocycles. The fourth-order valence-corrected chi connectivity index (χ4v) is 3.61. The summed E-state index contributed by atoms with van der Waals surface area (Å²) in [7, 11) is 1.40. The smallest absolute Gasteiger partial charge is 0.359 e. The highest BCUT2D eigenvalue weighted by molar-refractivity contribution is 6.33. The molecule has 1 amide bonds. The summed E-state index contributed by atoms with van der Waals surface area (Å²) in [5, 5.41) is 10.5. The Labute approximate surface area is 189 Å². The zero-order valence-corrected chi connectivity index (χ0v) is 17.7. The predicted molar refractivity (Wildman–Crippen MR) is 112 cm³/mol. The topological polar surface area (TPSA) is 73.0 Å². The van der Waals surface area contributed by atoms with Crippen molar-refractivity contribution in [2.75, 3.05) is 7.05 Å². The van der Waals surface area contributed by atoms with Crippen LogP contribution in [0.3, 0.4) is 0 Å². The molecule has 4 aromatic rings. The van der Waals surface area contributed by atoms with Crippen molar-refractivity contribution in [3.05, 3.63) is 76.8 Å². The van der Waals surface area contributed by atoms with Crippen LogP contribution < -0.4 is 5.32 Å². The largest absolute Gasteiger partial charge is 0.434 e. The highest BCUT2D eigenvalue weighted by Crippen LogP contribution is 2.42. The molecule has 0 unspecified atom stereocenters. The summed E-state index contributed by atoms with van der Waals surface area (Å²) >= 11 is 6.25. The minimum atomic E-state index is -4.89. The van der Waals surface area contributed by atoms with Crippen LogP contribution in [0.4, 0.5) is 17.6 Å². The number of rotatable bonds is 5. The second kappa shape index (κ2) is 8.70. The molecular weight excluding hydrogens is 464 g/mol. The van der Waals surface area contributed by atoms with E-state index < -0.39 is 29.2 Å². The van der Waals surface area contributed by atoms with Crippen LogP contribution in [0.15, 0.2) is 59.3 Å². The molecule has 11 heteroatoms. The standard InChI is InChI=1S/C22H15ClF4N4O2/c1-28-18(32)10-15-19(14-7-2-3-8-17(14)23)30-33-20(15)16-11-29-31(21(16)22(25,26)27)13-6-4-5-12(24)9-13/h2-9,11H,10H2,1H3,(H,28,32). The van der Waals surface area contributed by atoms with Crippen molar-refractivity contribution in [1.82, 2.24) is 20.3 Å². The fourth-order valence-electron chi connectivity index (χ4n) is 3.39. The maximum absolute atomic E-state index is 14.2. The van der Waals surface area contributed by atoms with E-state index in [1.807, 2.05) is 0 Å². The molecule has 1 N–H and O–H groups in total. The van der Waals surface area contributed by atoms with Gasteiger partial charge in [0.25, 0.3) is 0 Å². The first-order chi connectivity index (χ1) is 15.7. The van der Waals surface area contributed by atoms with E-state index in [1.54, 1.807) is 24.3 Å². The Morgan fingerprint density at radius 2 is 1.91 bits per heavy atom. The van der Waals surface area contributed by atoms with Gasteiger partial charge in [0.05, 0.1) is 28.9 Å². The number of hydrogen-bond donors (Lipinski definition) is 1. The summed E-state index contributed by atoms with van der Waals surface area (Å²) in [4.78, 5) is 12.2. The Balaban J connectivity index is 1.96. The van der Waals surface area contributed by atoms with Crippen molar-refractivity contribution < 1.29 is 26.9 Å². The average Bonchev–Trinajstić information content (AvgIpc) is 3.38. The van der Waals surface area contributed by atoms with Gasteiger partial charge in [-0.2, -0.15) is 18.3 Å². The summed E-state index contributed by atoms with van der Waals surface area (Å²) < 4.78 is 62.0. The van der Waals surface area contributed by atoms with Gasteiger partial charge in [0, 0.05) is 18.2 Å². The number of alkyl halides is 3. The van der Waals surface area contributed by atoms with Crippen molar-refractivity contribution in [2.24, 2.45) is 0 Å². The predicted octanol–water partition coefficient (Wildman–Crippen LogP) is 5.29. The van der Waals surface area contributed by atoms with Gasteiger partial charge in [-0.1, -0.05) is 41.0 Å². The molecule has 4 rings (SSSR count). The molecule has 0 aliphatic rings. The number of halogens is 5. The van der Waals surface area contributed by atoms with E-state index in [0.717, 1.165) is 18.3 Å². The van der Waals surface area contributed by atoms with Gasteiger partial charge in [-0.25, -0.2) is 9.07 Å². The third kappa shape index (κ3) is 4.34. The van der Waals surface area contributed by atoms with Crippen molar-refractivity contribution in [1.29, 1.82) is 0 Å². The lowest BCUT2D eigenvalue weighted by atomic mass is 9.99. The number of carbonyl (C=O) groups is 1. The van der Waals surface area contributed by atoms with Gasteiger partial charge < -0.3 is 9.84 Å². The van der Waals surface area contributed by atoms with Crippen LogP contribution in [-0.4, -0.2) is 27.9 Å². The Bertz CT molecular complexity index is 1330. The average molecular weight is 479 g/mol. The molecule has 2 aromatic heterocycles. The third-order valence-corrected chi connectivity index (χ3v) is 5.20. The van der Waals surface area contributed by atoms with Crippen LogP contribution in [0.5, 0.6) is 0 Å². The normalized spacial score (nSPS) is 11.6. The molecule has 0 saturated heterocycles. The molecule has 33 heavy (non-hydrogen) atoms. The zero-order valence-electron chi connectivity index (χ0n) is 17.0. The van der Waals surface area contributed by atoms with E-state index in [2.05, 4.69) is 15.6 Å². The molecule has 6 nitrogen and oxygen atoms in total. The number of aromatic nitrogens is 3. The van der Waals surface area contributed by atoms with Gasteiger partial charge in [0.15, 0.2) is 11.5 Å². The number of likely N-dealkylation sites (N-methyl/N-ethyl adjacent to an activating group) is 1. The number of amides is 1. The first-order valence-corrected chi connectivity index (χ1v) is 9.94. The van der Waals surface area contributed by atoms with Crippen LogP contribution in [0.1, 0.15) is 11.3 Å². The monoisotopic (exact) mass is 478 g/mol. The molecule has 0 atom stereocenters. The Kier molecular flexibility index (Phi) is 5.94. The molecule has 2 aromatic carbocycles. The Hall–Kier alpha value is -3.66. The molecular formula is C22H15ClF4N4O2. The van der Waals surface area contributed by atoms with Crippen LogP contribution in [-0.2, 0) is 17.4 Å². The lowest BCUT2D eigenvalue weighted by Gasteiger charge is -2.12. The summed E-state index contributed by atoms with van der Waals surface area (Å²) in [5.74, 6) is -1.49. The van der Waals surface area contributed by atoms with Gasteiger partial charge in [-0.3, -0.25) is 4.79 Å². The highest BCUT2D eigenvalue weighted by Gasteiger charge is 2.41. The first-order valence-electron chi connectivity index (χ1n) is 9.56. The van der Waals surface area contributed by atoms with Crippen LogP contribution in [0.25, 0.3) is 28.3 Å². The van der Waals surface area contributed by atoms with E-state index in [-0.39, 0.29) is 34.1 Å². The van der Waals surface area contributed by atoms with Crippen molar-refractivity contribution in [3.63, 3.8) is 0 Å².